The van der Waals surface area contributed by atoms with Crippen LogP contribution in [0.4, 0.5) is 0 Å². The number of carbonyl (C=O) groups excluding carboxylic acids is 1. The predicted molar refractivity (Wildman–Crippen MR) is 54.3 cm³/mol. The molecule has 2 aliphatic rings. The van der Waals surface area contributed by atoms with Gasteiger partial charge in [-0.15, -0.1) is 12.4 Å². The fourth-order valence-corrected chi connectivity index (χ4v) is 2.08. The van der Waals surface area contributed by atoms with E-state index in [0.717, 1.165) is 38.5 Å². The predicted octanol–water partition coefficient (Wildman–Crippen LogP) is 0.292. The molecule has 76 valence electrons. The number of ketones is 1. The monoisotopic (exact) mass is 204 g/mol. The zero-order valence-electron chi connectivity index (χ0n) is 7.79. The molecule has 0 saturated carbocycles. The number of rotatable bonds is 2. The van der Waals surface area contributed by atoms with Crippen LogP contribution in [0.3, 0.4) is 0 Å². The van der Waals surface area contributed by atoms with E-state index in [0.29, 0.717) is 12.3 Å². The number of nitrogens with zero attached hydrogens (tertiary/aromatic N) is 1. The van der Waals surface area contributed by atoms with Gasteiger partial charge in [0.25, 0.3) is 0 Å². The van der Waals surface area contributed by atoms with Crippen LogP contribution in [-0.4, -0.2) is 43.4 Å². The molecule has 1 unspecified atom stereocenters. The van der Waals surface area contributed by atoms with E-state index in [-0.39, 0.29) is 12.4 Å². The van der Waals surface area contributed by atoms with Gasteiger partial charge in [-0.1, -0.05) is 0 Å². The lowest BCUT2D eigenvalue weighted by Crippen LogP contribution is -2.28. The standard InChI is InChI=1S/C9H16N2O.ClH/c12-9-2-4-11(7-9)6-8-1-3-10-5-8;/h8,10H,1-7H2;1H. The number of halogens is 1. The van der Waals surface area contributed by atoms with E-state index >= 15 is 0 Å². The molecule has 3 nitrogen and oxygen atoms in total. The smallest absolute Gasteiger partial charge is 0.148 e. The van der Waals surface area contributed by atoms with Gasteiger partial charge in [0.15, 0.2) is 0 Å². The van der Waals surface area contributed by atoms with Crippen LogP contribution in [0.1, 0.15) is 12.8 Å². The molecule has 2 fully saturated rings. The first-order chi connectivity index (χ1) is 5.84. The van der Waals surface area contributed by atoms with Crippen molar-refractivity contribution in [3.05, 3.63) is 0 Å². The number of hydrogen-bond donors (Lipinski definition) is 1. The van der Waals surface area contributed by atoms with Gasteiger partial charge >= 0.3 is 0 Å². The van der Waals surface area contributed by atoms with Gasteiger partial charge in [0, 0.05) is 19.5 Å². The Kier molecular flexibility index (Phi) is 4.16. The highest BCUT2D eigenvalue weighted by Gasteiger charge is 2.23. The normalized spacial score (nSPS) is 29.2. The summed E-state index contributed by atoms with van der Waals surface area (Å²) in [5, 5.41) is 3.35. The molecule has 4 heteroatoms. The average Bonchev–Trinajstić information content (AvgIpc) is 2.63. The zero-order chi connectivity index (χ0) is 8.39. The Labute approximate surface area is 85.3 Å². The van der Waals surface area contributed by atoms with E-state index in [1.54, 1.807) is 0 Å². The third kappa shape index (κ3) is 2.93. The second-order valence-electron chi connectivity index (χ2n) is 3.88. The molecule has 0 amide bonds. The Morgan fingerprint density at radius 3 is 2.92 bits per heavy atom. The highest BCUT2D eigenvalue weighted by Crippen LogP contribution is 2.12. The zero-order valence-corrected chi connectivity index (χ0v) is 8.61. The summed E-state index contributed by atoms with van der Waals surface area (Å²) < 4.78 is 0. The maximum absolute atomic E-state index is 11.0. The molecular weight excluding hydrogens is 188 g/mol. The maximum atomic E-state index is 11.0. The molecule has 1 atom stereocenters. The Balaban J connectivity index is 0.000000845. The topological polar surface area (TPSA) is 32.3 Å². The van der Waals surface area contributed by atoms with Crippen LogP contribution in [0.25, 0.3) is 0 Å². The minimum Gasteiger partial charge on any atom is -0.316 e. The Bertz CT molecular complexity index is 180. The van der Waals surface area contributed by atoms with Crippen molar-refractivity contribution in [2.24, 2.45) is 5.92 Å². The van der Waals surface area contributed by atoms with E-state index in [9.17, 15) is 4.79 Å². The van der Waals surface area contributed by atoms with Crippen LogP contribution >= 0.6 is 12.4 Å². The fraction of sp³-hybridized carbons (Fsp3) is 0.889. The number of Topliss-reactive ketones (excluding diaryl/α,β-unsaturated/α-hetero) is 1. The lowest BCUT2D eigenvalue weighted by molar-refractivity contribution is -0.116. The molecule has 0 aromatic rings. The Morgan fingerprint density at radius 2 is 2.38 bits per heavy atom. The van der Waals surface area contributed by atoms with Crippen molar-refractivity contribution in [2.75, 3.05) is 32.7 Å². The second kappa shape index (κ2) is 4.94. The first-order valence-corrected chi connectivity index (χ1v) is 4.79. The highest BCUT2D eigenvalue weighted by atomic mass is 35.5. The van der Waals surface area contributed by atoms with Gasteiger partial charge in [-0.2, -0.15) is 0 Å². The minimum atomic E-state index is 0. The van der Waals surface area contributed by atoms with Crippen LogP contribution in [0.5, 0.6) is 0 Å². The largest absolute Gasteiger partial charge is 0.316 e. The lowest BCUT2D eigenvalue weighted by Gasteiger charge is -2.17. The van der Waals surface area contributed by atoms with Crippen LogP contribution in [0.2, 0.25) is 0 Å². The molecule has 2 aliphatic heterocycles. The minimum absolute atomic E-state index is 0. The number of likely N-dealkylation sites (tertiary alicyclic amines) is 1. The molecule has 0 bridgehead atoms. The Hall–Kier alpha value is -0.120. The van der Waals surface area contributed by atoms with Crippen LogP contribution in [0.15, 0.2) is 0 Å². The van der Waals surface area contributed by atoms with Gasteiger partial charge in [0.2, 0.25) is 0 Å². The summed E-state index contributed by atoms with van der Waals surface area (Å²) in [6.07, 6.45) is 2.06. The molecule has 2 heterocycles. The van der Waals surface area contributed by atoms with Gasteiger partial charge in [0.1, 0.15) is 5.78 Å². The third-order valence-electron chi connectivity index (χ3n) is 2.79. The van der Waals surface area contributed by atoms with Crippen molar-refractivity contribution in [3.63, 3.8) is 0 Å². The molecule has 13 heavy (non-hydrogen) atoms. The third-order valence-corrected chi connectivity index (χ3v) is 2.79. The molecule has 0 aromatic heterocycles. The number of carbonyl (C=O) groups is 1. The molecule has 0 aromatic carbocycles. The SMILES string of the molecule is Cl.O=C1CCN(CC2CCNC2)C1. The summed E-state index contributed by atoms with van der Waals surface area (Å²) in [6, 6.07) is 0. The van der Waals surface area contributed by atoms with Gasteiger partial charge in [-0.25, -0.2) is 0 Å². The fourth-order valence-electron chi connectivity index (χ4n) is 2.08. The Morgan fingerprint density at radius 1 is 1.54 bits per heavy atom. The summed E-state index contributed by atoms with van der Waals surface area (Å²) in [5.74, 6) is 1.21. The van der Waals surface area contributed by atoms with Crippen molar-refractivity contribution in [2.45, 2.75) is 12.8 Å². The van der Waals surface area contributed by atoms with Gasteiger partial charge < -0.3 is 5.32 Å². The summed E-state index contributed by atoms with van der Waals surface area (Å²) in [6.45, 7) is 5.13. The molecule has 0 radical (unpaired) electrons. The van der Waals surface area contributed by atoms with E-state index in [4.69, 9.17) is 0 Å². The second-order valence-corrected chi connectivity index (χ2v) is 3.88. The van der Waals surface area contributed by atoms with Crippen LogP contribution in [-0.2, 0) is 4.79 Å². The van der Waals surface area contributed by atoms with E-state index in [2.05, 4.69) is 10.2 Å². The summed E-state index contributed by atoms with van der Waals surface area (Å²) in [4.78, 5) is 13.3. The summed E-state index contributed by atoms with van der Waals surface area (Å²) in [7, 11) is 0. The molecule has 0 spiro atoms. The van der Waals surface area contributed by atoms with E-state index in [1.807, 2.05) is 0 Å². The first kappa shape index (κ1) is 11.0. The van der Waals surface area contributed by atoms with Crippen molar-refractivity contribution >= 4 is 18.2 Å². The average molecular weight is 205 g/mol. The van der Waals surface area contributed by atoms with E-state index < -0.39 is 0 Å². The van der Waals surface area contributed by atoms with Gasteiger partial charge in [-0.3, -0.25) is 9.69 Å². The molecule has 0 aliphatic carbocycles. The highest BCUT2D eigenvalue weighted by molar-refractivity contribution is 5.85. The van der Waals surface area contributed by atoms with Crippen LogP contribution < -0.4 is 5.32 Å². The quantitative estimate of drug-likeness (QED) is 0.702. The molecule has 2 saturated heterocycles. The molecular formula is C9H17ClN2O. The van der Waals surface area contributed by atoms with Crippen molar-refractivity contribution in [1.29, 1.82) is 0 Å². The van der Waals surface area contributed by atoms with Crippen molar-refractivity contribution in [1.82, 2.24) is 10.2 Å². The lowest BCUT2D eigenvalue weighted by atomic mass is 10.1. The van der Waals surface area contributed by atoms with Crippen molar-refractivity contribution < 1.29 is 4.79 Å². The van der Waals surface area contributed by atoms with E-state index in [1.165, 1.54) is 6.42 Å². The maximum Gasteiger partial charge on any atom is 0.148 e. The summed E-state index contributed by atoms with van der Waals surface area (Å²) >= 11 is 0. The molecule has 2 rings (SSSR count). The number of hydrogen-bond acceptors (Lipinski definition) is 3. The van der Waals surface area contributed by atoms with Gasteiger partial charge in [-0.05, 0) is 25.4 Å². The van der Waals surface area contributed by atoms with Crippen molar-refractivity contribution in [3.8, 4) is 0 Å². The number of nitrogens with one attached hydrogen (secondary N) is 1. The van der Waals surface area contributed by atoms with Crippen LogP contribution in [0, 0.1) is 5.92 Å². The van der Waals surface area contributed by atoms with Gasteiger partial charge in [0.05, 0.1) is 6.54 Å². The molecule has 1 N–H and O–H groups in total. The first-order valence-electron chi connectivity index (χ1n) is 4.79. The summed E-state index contributed by atoms with van der Waals surface area (Å²) in [5.41, 5.74) is 0.